The summed E-state index contributed by atoms with van der Waals surface area (Å²) in [7, 11) is 0. The van der Waals surface area contributed by atoms with Gasteiger partial charge in [0.2, 0.25) is 5.95 Å². The monoisotopic (exact) mass is 394 g/mol. The summed E-state index contributed by atoms with van der Waals surface area (Å²) < 4.78 is 5.78. The number of aromatic nitrogens is 4. The largest absolute Gasteiger partial charge is 0.477 e. The van der Waals surface area contributed by atoms with Crippen molar-refractivity contribution in [1.82, 2.24) is 24.8 Å². The van der Waals surface area contributed by atoms with Crippen molar-refractivity contribution in [2.75, 3.05) is 18.4 Å². The van der Waals surface area contributed by atoms with Crippen molar-refractivity contribution in [2.24, 2.45) is 0 Å². The molecule has 10 heteroatoms. The number of ether oxygens (including phenoxy) is 1. The van der Waals surface area contributed by atoms with Crippen LogP contribution in [0.1, 0.15) is 33.7 Å². The number of carboxylic acid groups (broad SMARTS) is 1. The molecule has 2 aliphatic rings. The van der Waals surface area contributed by atoms with Gasteiger partial charge in [0.1, 0.15) is 17.2 Å². The quantitative estimate of drug-likeness (QED) is 0.610. The van der Waals surface area contributed by atoms with Crippen LogP contribution in [0.4, 0.5) is 11.8 Å². The van der Waals surface area contributed by atoms with Gasteiger partial charge in [-0.1, -0.05) is 0 Å². The minimum atomic E-state index is -1.06. The maximum absolute atomic E-state index is 12.7. The molecule has 0 spiro atoms. The number of fused-ring (bicyclic) bond motifs is 3. The molecule has 5 heterocycles. The fraction of sp³-hybridized carbons (Fsp3) is 0.316. The van der Waals surface area contributed by atoms with Gasteiger partial charge in [-0.3, -0.25) is 4.79 Å². The summed E-state index contributed by atoms with van der Waals surface area (Å²) in [4.78, 5) is 41.0. The normalized spacial score (nSPS) is 20.8. The maximum atomic E-state index is 12.7. The van der Waals surface area contributed by atoms with Gasteiger partial charge in [0.25, 0.3) is 5.91 Å². The van der Waals surface area contributed by atoms with Crippen molar-refractivity contribution in [3.8, 4) is 0 Å². The number of rotatable bonds is 4. The summed E-state index contributed by atoms with van der Waals surface area (Å²) in [6, 6.07) is 4.87. The average molecular weight is 394 g/mol. The molecule has 29 heavy (non-hydrogen) atoms. The summed E-state index contributed by atoms with van der Waals surface area (Å²) in [5.74, 6) is -0.359. The number of carboxylic acids is 1. The second-order valence-corrected chi connectivity index (χ2v) is 7.21. The number of likely N-dealkylation sites (tertiary alicyclic amines) is 1. The zero-order valence-electron chi connectivity index (χ0n) is 15.3. The molecule has 2 saturated heterocycles. The molecule has 2 fully saturated rings. The highest BCUT2D eigenvalue weighted by Gasteiger charge is 2.36. The van der Waals surface area contributed by atoms with Crippen LogP contribution in [0.3, 0.4) is 0 Å². The molecule has 2 bridgehead atoms. The van der Waals surface area contributed by atoms with Crippen LogP contribution >= 0.6 is 0 Å². The van der Waals surface area contributed by atoms with Crippen LogP contribution in [0, 0.1) is 0 Å². The third-order valence-electron chi connectivity index (χ3n) is 5.18. The first kappa shape index (κ1) is 17.6. The first-order chi connectivity index (χ1) is 14.0. The molecule has 0 aromatic carbocycles. The van der Waals surface area contributed by atoms with Crippen molar-refractivity contribution in [1.29, 1.82) is 0 Å². The molecular formula is C19H18N6O4. The van der Waals surface area contributed by atoms with Crippen LogP contribution in [-0.2, 0) is 4.74 Å². The van der Waals surface area contributed by atoms with E-state index in [9.17, 15) is 9.59 Å². The minimum absolute atomic E-state index is 0.0454. The third-order valence-corrected chi connectivity index (χ3v) is 5.18. The van der Waals surface area contributed by atoms with Crippen LogP contribution in [0.2, 0.25) is 0 Å². The Balaban J connectivity index is 1.29. The molecule has 3 N–H and O–H groups in total. The number of pyridine rings is 1. The number of aromatic carboxylic acids is 1. The minimum Gasteiger partial charge on any atom is -0.477 e. The lowest BCUT2D eigenvalue weighted by Gasteiger charge is -2.32. The van der Waals surface area contributed by atoms with Crippen molar-refractivity contribution < 1.29 is 19.4 Å². The molecule has 0 aliphatic carbocycles. The Labute approximate surface area is 164 Å². The Kier molecular flexibility index (Phi) is 4.13. The Bertz CT molecular complexity index is 1080. The molecule has 0 radical (unpaired) electrons. The molecule has 10 nitrogen and oxygen atoms in total. The van der Waals surface area contributed by atoms with Crippen molar-refractivity contribution in [3.63, 3.8) is 0 Å². The fourth-order valence-corrected chi connectivity index (χ4v) is 3.76. The standard InChI is InChI=1S/C19H18N6O4/c26-17(25-8-12-2-3-13(9-25)29-12)10-1-4-15(20-6-10)23-19-21-7-11-5-14(18(27)28)22-16(11)24-19/h1,4-7,12-13H,2-3,8-9H2,(H,27,28)(H2,20,21,22,23,24). The van der Waals surface area contributed by atoms with E-state index < -0.39 is 5.97 Å². The van der Waals surface area contributed by atoms with E-state index in [2.05, 4.69) is 25.3 Å². The second kappa shape index (κ2) is 6.82. The smallest absolute Gasteiger partial charge is 0.352 e. The molecular weight excluding hydrogens is 376 g/mol. The molecule has 2 atom stereocenters. The average Bonchev–Trinajstić information content (AvgIpc) is 3.30. The number of nitrogens with one attached hydrogen (secondary N) is 2. The number of carbonyl (C=O) groups excluding carboxylic acids is 1. The Morgan fingerprint density at radius 1 is 1.17 bits per heavy atom. The fourth-order valence-electron chi connectivity index (χ4n) is 3.76. The van der Waals surface area contributed by atoms with E-state index in [1.807, 2.05) is 4.90 Å². The predicted molar refractivity (Wildman–Crippen MR) is 102 cm³/mol. The topological polar surface area (TPSA) is 133 Å². The van der Waals surface area contributed by atoms with Gasteiger partial charge in [0.15, 0.2) is 0 Å². The van der Waals surface area contributed by atoms with Gasteiger partial charge in [-0.25, -0.2) is 14.8 Å². The SMILES string of the molecule is O=C(O)c1cc2cnc(Nc3ccc(C(=O)N4CC5CCC(C4)O5)cn3)nc2[nH]1. The Morgan fingerprint density at radius 3 is 2.66 bits per heavy atom. The van der Waals surface area contributed by atoms with Gasteiger partial charge in [0, 0.05) is 30.9 Å². The number of nitrogens with zero attached hydrogens (tertiary/aromatic N) is 4. The second-order valence-electron chi connectivity index (χ2n) is 7.21. The van der Waals surface area contributed by atoms with E-state index in [1.165, 1.54) is 18.5 Å². The summed E-state index contributed by atoms with van der Waals surface area (Å²) in [5, 5.41) is 12.6. The number of carbonyl (C=O) groups is 2. The van der Waals surface area contributed by atoms with Gasteiger partial charge in [0.05, 0.1) is 17.8 Å². The van der Waals surface area contributed by atoms with E-state index in [1.54, 1.807) is 12.1 Å². The van der Waals surface area contributed by atoms with Gasteiger partial charge in [-0.2, -0.15) is 4.98 Å². The van der Waals surface area contributed by atoms with Gasteiger partial charge >= 0.3 is 5.97 Å². The van der Waals surface area contributed by atoms with E-state index in [-0.39, 0.29) is 29.8 Å². The van der Waals surface area contributed by atoms with Gasteiger partial charge in [-0.15, -0.1) is 0 Å². The first-order valence-corrected chi connectivity index (χ1v) is 9.32. The van der Waals surface area contributed by atoms with Gasteiger partial charge in [-0.05, 0) is 31.0 Å². The van der Waals surface area contributed by atoms with E-state index in [0.717, 1.165) is 12.8 Å². The lowest BCUT2D eigenvalue weighted by Crippen LogP contribution is -2.45. The van der Waals surface area contributed by atoms with Crippen LogP contribution in [-0.4, -0.2) is 67.1 Å². The van der Waals surface area contributed by atoms with Crippen molar-refractivity contribution in [3.05, 3.63) is 41.9 Å². The predicted octanol–water partition coefficient (Wildman–Crippen LogP) is 1.80. The maximum Gasteiger partial charge on any atom is 0.352 e. The van der Waals surface area contributed by atoms with E-state index in [0.29, 0.717) is 35.5 Å². The number of amides is 1. The van der Waals surface area contributed by atoms with Crippen LogP contribution in [0.25, 0.3) is 11.0 Å². The molecule has 2 unspecified atom stereocenters. The third kappa shape index (κ3) is 3.38. The molecule has 3 aromatic rings. The molecule has 0 saturated carbocycles. The summed E-state index contributed by atoms with van der Waals surface area (Å²) >= 11 is 0. The zero-order chi connectivity index (χ0) is 20.0. The molecule has 5 rings (SSSR count). The Hall–Kier alpha value is -3.53. The van der Waals surface area contributed by atoms with Gasteiger partial charge < -0.3 is 25.0 Å². The number of morpholine rings is 1. The van der Waals surface area contributed by atoms with E-state index >= 15 is 0 Å². The number of hydrogen-bond acceptors (Lipinski definition) is 7. The highest BCUT2D eigenvalue weighted by Crippen LogP contribution is 2.27. The van der Waals surface area contributed by atoms with Crippen LogP contribution < -0.4 is 5.32 Å². The van der Waals surface area contributed by atoms with Crippen LogP contribution in [0.15, 0.2) is 30.6 Å². The molecule has 148 valence electrons. The lowest BCUT2D eigenvalue weighted by molar-refractivity contribution is -0.0303. The molecule has 1 amide bonds. The molecule has 2 aliphatic heterocycles. The number of hydrogen-bond donors (Lipinski definition) is 3. The van der Waals surface area contributed by atoms with Crippen LogP contribution in [0.5, 0.6) is 0 Å². The summed E-state index contributed by atoms with van der Waals surface area (Å²) in [6.45, 7) is 1.25. The van der Waals surface area contributed by atoms with E-state index in [4.69, 9.17) is 9.84 Å². The summed E-state index contributed by atoms with van der Waals surface area (Å²) in [6.07, 6.45) is 5.36. The highest BCUT2D eigenvalue weighted by molar-refractivity contribution is 5.94. The Morgan fingerprint density at radius 2 is 1.97 bits per heavy atom. The molecule has 3 aromatic heterocycles. The number of anilines is 2. The number of aromatic amines is 1. The first-order valence-electron chi connectivity index (χ1n) is 9.32. The lowest BCUT2D eigenvalue weighted by atomic mass is 10.2. The highest BCUT2D eigenvalue weighted by atomic mass is 16.5. The van der Waals surface area contributed by atoms with Crippen molar-refractivity contribution in [2.45, 2.75) is 25.0 Å². The number of H-pyrrole nitrogens is 1. The van der Waals surface area contributed by atoms with Crippen molar-refractivity contribution >= 4 is 34.7 Å². The summed E-state index contributed by atoms with van der Waals surface area (Å²) in [5.41, 5.74) is 0.973. The zero-order valence-corrected chi connectivity index (χ0v) is 15.3.